The van der Waals surface area contributed by atoms with E-state index in [-0.39, 0.29) is 18.0 Å². The van der Waals surface area contributed by atoms with Gasteiger partial charge < -0.3 is 14.6 Å². The molecule has 0 radical (unpaired) electrons. The molecular weight excluding hydrogens is 378 g/mol. The van der Waals surface area contributed by atoms with Gasteiger partial charge in [0.1, 0.15) is 5.58 Å². The average molecular weight is 408 g/mol. The van der Waals surface area contributed by atoms with Crippen LogP contribution in [0.15, 0.2) is 51.9 Å². The van der Waals surface area contributed by atoms with Crippen LogP contribution >= 0.6 is 0 Å². The van der Waals surface area contributed by atoms with Crippen LogP contribution in [0.25, 0.3) is 11.0 Å². The van der Waals surface area contributed by atoms with Crippen molar-refractivity contribution >= 4 is 22.6 Å². The third-order valence-corrected chi connectivity index (χ3v) is 5.49. The van der Waals surface area contributed by atoms with Gasteiger partial charge in [-0.1, -0.05) is 0 Å². The first kappa shape index (κ1) is 21.6. The van der Waals surface area contributed by atoms with Gasteiger partial charge in [-0.2, -0.15) is 0 Å². The first-order chi connectivity index (χ1) is 14.5. The number of aryl methyl sites for hydroxylation is 1. The average Bonchev–Trinajstić information content (AvgIpc) is 2.75. The normalized spacial score (nSPS) is 10.9. The van der Waals surface area contributed by atoms with Gasteiger partial charge in [-0.15, -0.1) is 0 Å². The molecule has 0 saturated carbocycles. The fourth-order valence-corrected chi connectivity index (χ4v) is 3.68. The minimum atomic E-state index is -0.360. The fourth-order valence-electron chi connectivity index (χ4n) is 3.68. The Bertz CT molecular complexity index is 1060. The lowest BCUT2D eigenvalue weighted by Gasteiger charge is -2.21. The molecule has 1 aromatic carbocycles. The van der Waals surface area contributed by atoms with Gasteiger partial charge in [-0.3, -0.25) is 9.78 Å². The number of fused-ring (bicyclic) bond motifs is 1. The van der Waals surface area contributed by atoms with Gasteiger partial charge in [-0.05, 0) is 69.0 Å². The Balaban J connectivity index is 1.66. The third kappa shape index (κ3) is 5.06. The minimum Gasteiger partial charge on any atom is -0.422 e. The standard InChI is InChI=1S/C24H29N3O3/c1-4-27(5-2)19-6-7-20-17(3)21(24(29)30-22(20)16-19)8-9-23(28)26-15-12-18-10-13-25-14-11-18/h6-7,10-11,13-14,16H,4-5,8-9,12,15H2,1-3H3,(H,26,28). The van der Waals surface area contributed by atoms with Gasteiger partial charge in [-0.25, -0.2) is 4.79 Å². The molecule has 0 saturated heterocycles. The number of hydrogen-bond donors (Lipinski definition) is 1. The van der Waals surface area contributed by atoms with Crippen LogP contribution in [-0.4, -0.2) is 30.5 Å². The maximum atomic E-state index is 12.6. The Kier molecular flexibility index (Phi) is 7.22. The highest BCUT2D eigenvalue weighted by molar-refractivity contribution is 5.84. The zero-order chi connectivity index (χ0) is 21.5. The summed E-state index contributed by atoms with van der Waals surface area (Å²) in [4.78, 5) is 31.0. The molecule has 6 heteroatoms. The van der Waals surface area contributed by atoms with Crippen LogP contribution in [0.1, 0.15) is 37.0 Å². The molecule has 1 amide bonds. The predicted molar refractivity (Wildman–Crippen MR) is 120 cm³/mol. The molecule has 0 spiro atoms. The smallest absolute Gasteiger partial charge is 0.339 e. The number of carbonyl (C=O) groups is 1. The van der Waals surface area contributed by atoms with E-state index >= 15 is 0 Å². The molecule has 30 heavy (non-hydrogen) atoms. The van der Waals surface area contributed by atoms with Crippen LogP contribution in [0.3, 0.4) is 0 Å². The van der Waals surface area contributed by atoms with Crippen molar-refractivity contribution in [3.8, 4) is 0 Å². The summed E-state index contributed by atoms with van der Waals surface area (Å²) in [6.07, 6.45) is 4.85. The molecule has 0 fully saturated rings. The van der Waals surface area contributed by atoms with Gasteiger partial charge in [0.05, 0.1) is 0 Å². The van der Waals surface area contributed by atoms with Crippen LogP contribution in [0.2, 0.25) is 0 Å². The highest BCUT2D eigenvalue weighted by atomic mass is 16.4. The van der Waals surface area contributed by atoms with Crippen molar-refractivity contribution in [1.82, 2.24) is 10.3 Å². The Morgan fingerprint density at radius 1 is 1.10 bits per heavy atom. The molecule has 6 nitrogen and oxygen atoms in total. The van der Waals surface area contributed by atoms with Crippen LogP contribution in [0.4, 0.5) is 5.69 Å². The van der Waals surface area contributed by atoms with E-state index in [2.05, 4.69) is 35.1 Å². The second kappa shape index (κ2) is 10.1. The molecule has 2 aromatic heterocycles. The lowest BCUT2D eigenvalue weighted by Crippen LogP contribution is -2.26. The number of carbonyl (C=O) groups excluding carboxylic acids is 1. The number of pyridine rings is 1. The molecule has 0 aliphatic carbocycles. The van der Waals surface area contributed by atoms with E-state index in [1.807, 2.05) is 31.2 Å². The number of aromatic nitrogens is 1. The Morgan fingerprint density at radius 2 is 1.83 bits per heavy atom. The summed E-state index contributed by atoms with van der Waals surface area (Å²) >= 11 is 0. The first-order valence-electron chi connectivity index (χ1n) is 10.5. The molecule has 0 unspecified atom stereocenters. The summed E-state index contributed by atoms with van der Waals surface area (Å²) < 4.78 is 5.60. The van der Waals surface area contributed by atoms with Crippen LogP contribution in [-0.2, 0) is 17.6 Å². The van der Waals surface area contributed by atoms with E-state index in [9.17, 15) is 9.59 Å². The Morgan fingerprint density at radius 3 is 2.53 bits per heavy atom. The van der Waals surface area contributed by atoms with E-state index in [1.54, 1.807) is 12.4 Å². The van der Waals surface area contributed by atoms with E-state index in [1.165, 1.54) is 0 Å². The number of amides is 1. The lowest BCUT2D eigenvalue weighted by atomic mass is 10.0. The number of anilines is 1. The van der Waals surface area contributed by atoms with Gasteiger partial charge >= 0.3 is 5.63 Å². The van der Waals surface area contributed by atoms with Crippen LogP contribution in [0, 0.1) is 6.92 Å². The maximum absolute atomic E-state index is 12.6. The van der Waals surface area contributed by atoms with Gasteiger partial charge in [0.2, 0.25) is 5.91 Å². The van der Waals surface area contributed by atoms with Crippen LogP contribution < -0.4 is 15.8 Å². The topological polar surface area (TPSA) is 75.4 Å². The van der Waals surface area contributed by atoms with Crippen molar-refractivity contribution < 1.29 is 9.21 Å². The van der Waals surface area contributed by atoms with Gasteiger partial charge in [0.15, 0.2) is 0 Å². The van der Waals surface area contributed by atoms with E-state index in [0.717, 1.165) is 41.7 Å². The van der Waals surface area contributed by atoms with Crippen molar-refractivity contribution in [1.29, 1.82) is 0 Å². The number of rotatable bonds is 9. The molecule has 158 valence electrons. The van der Waals surface area contributed by atoms with Gasteiger partial charge in [0.25, 0.3) is 0 Å². The summed E-state index contributed by atoms with van der Waals surface area (Å²) in [6.45, 7) is 8.45. The highest BCUT2D eigenvalue weighted by Gasteiger charge is 2.14. The maximum Gasteiger partial charge on any atom is 0.339 e. The summed E-state index contributed by atoms with van der Waals surface area (Å²) in [7, 11) is 0. The van der Waals surface area contributed by atoms with Crippen molar-refractivity contribution in [2.75, 3.05) is 24.5 Å². The van der Waals surface area contributed by atoms with E-state index in [4.69, 9.17) is 4.42 Å². The third-order valence-electron chi connectivity index (χ3n) is 5.49. The quantitative estimate of drug-likeness (QED) is 0.548. The summed E-state index contributed by atoms with van der Waals surface area (Å²) in [5.41, 5.74) is 3.85. The zero-order valence-electron chi connectivity index (χ0n) is 17.9. The van der Waals surface area contributed by atoms with Crippen LogP contribution in [0.5, 0.6) is 0 Å². The molecule has 3 rings (SSSR count). The predicted octanol–water partition coefficient (Wildman–Crippen LogP) is 3.63. The molecule has 1 N–H and O–H groups in total. The number of benzene rings is 1. The van der Waals surface area contributed by atoms with Gasteiger partial charge in [0, 0.05) is 61.2 Å². The SMILES string of the molecule is CCN(CC)c1ccc2c(C)c(CCC(=O)NCCc3ccncc3)c(=O)oc2c1. The largest absolute Gasteiger partial charge is 0.422 e. The fraction of sp³-hybridized carbons (Fsp3) is 0.375. The number of nitrogens with one attached hydrogen (secondary N) is 1. The van der Waals surface area contributed by atoms with E-state index < -0.39 is 0 Å². The second-order valence-electron chi connectivity index (χ2n) is 7.30. The first-order valence-corrected chi connectivity index (χ1v) is 10.5. The van der Waals surface area contributed by atoms with Crippen molar-refractivity contribution in [2.24, 2.45) is 0 Å². The monoisotopic (exact) mass is 407 g/mol. The molecule has 3 aromatic rings. The van der Waals surface area contributed by atoms with Crippen molar-refractivity contribution in [3.63, 3.8) is 0 Å². The summed E-state index contributed by atoms with van der Waals surface area (Å²) in [5, 5.41) is 3.83. The number of hydrogen-bond acceptors (Lipinski definition) is 5. The summed E-state index contributed by atoms with van der Waals surface area (Å²) in [6, 6.07) is 9.84. The van der Waals surface area contributed by atoms with Crippen molar-refractivity contribution in [3.05, 3.63) is 69.8 Å². The Labute approximate surface area is 176 Å². The second-order valence-corrected chi connectivity index (χ2v) is 7.30. The summed E-state index contributed by atoms with van der Waals surface area (Å²) in [5.74, 6) is -0.0696. The molecular formula is C24H29N3O3. The van der Waals surface area contributed by atoms with Crippen molar-refractivity contribution in [2.45, 2.75) is 40.0 Å². The molecule has 0 bridgehead atoms. The molecule has 0 aliphatic heterocycles. The Hall–Kier alpha value is -3.15. The number of nitrogens with zero attached hydrogens (tertiary/aromatic N) is 2. The zero-order valence-corrected chi connectivity index (χ0v) is 17.9. The molecule has 2 heterocycles. The molecule has 0 atom stereocenters. The van der Waals surface area contributed by atoms with E-state index in [0.29, 0.717) is 24.1 Å². The highest BCUT2D eigenvalue weighted by Crippen LogP contribution is 2.25. The molecule has 0 aliphatic rings. The minimum absolute atomic E-state index is 0.0696. The lowest BCUT2D eigenvalue weighted by molar-refractivity contribution is -0.121.